The number of nitrogens with one attached hydrogen (secondary N) is 2. The molecule has 4 N–H and O–H groups in total. The van der Waals surface area contributed by atoms with Crippen molar-refractivity contribution in [1.82, 2.24) is 15.3 Å². The maximum Gasteiger partial charge on any atom is 0.261 e. The van der Waals surface area contributed by atoms with Crippen molar-refractivity contribution >= 4 is 39.9 Å². The third-order valence-corrected chi connectivity index (χ3v) is 5.98. The Morgan fingerprint density at radius 1 is 1.21 bits per heavy atom. The van der Waals surface area contributed by atoms with E-state index in [0.717, 1.165) is 27.0 Å². The molecule has 7 heteroatoms. The van der Waals surface area contributed by atoms with Crippen molar-refractivity contribution in [2.75, 3.05) is 6.54 Å². The molecule has 0 aliphatic carbocycles. The van der Waals surface area contributed by atoms with Gasteiger partial charge in [0.2, 0.25) is 0 Å². The lowest BCUT2D eigenvalue weighted by atomic mass is 10.1. The number of hydrogen-bond acceptors (Lipinski definition) is 4. The van der Waals surface area contributed by atoms with Crippen molar-refractivity contribution in [3.8, 4) is 10.4 Å². The number of H-pyrrole nitrogens is 1. The predicted octanol–water partition coefficient (Wildman–Crippen LogP) is 4.24. The highest BCUT2D eigenvalue weighted by molar-refractivity contribution is 7.17. The summed E-state index contributed by atoms with van der Waals surface area (Å²) in [5, 5.41) is 4.52. The fourth-order valence-corrected chi connectivity index (χ4v) is 4.36. The number of carbonyl (C=O) groups is 1. The van der Waals surface area contributed by atoms with Crippen LogP contribution in [0.2, 0.25) is 5.02 Å². The average molecular weight is 411 g/mol. The number of fused-ring (bicyclic) bond motifs is 1. The second-order valence-electron chi connectivity index (χ2n) is 6.48. The molecule has 4 aromatic rings. The van der Waals surface area contributed by atoms with Gasteiger partial charge < -0.3 is 16.0 Å². The van der Waals surface area contributed by atoms with Crippen LogP contribution in [-0.4, -0.2) is 28.5 Å². The Kier molecular flexibility index (Phi) is 5.43. The monoisotopic (exact) mass is 410 g/mol. The van der Waals surface area contributed by atoms with Crippen LogP contribution in [0.25, 0.3) is 21.5 Å². The molecule has 0 aliphatic heterocycles. The molecule has 1 aromatic carbocycles. The Hall–Kier alpha value is -2.67. The van der Waals surface area contributed by atoms with Gasteiger partial charge >= 0.3 is 0 Å². The molecule has 1 unspecified atom stereocenters. The molecule has 0 spiro atoms. The molecule has 0 aliphatic rings. The van der Waals surface area contributed by atoms with Gasteiger partial charge in [-0.2, -0.15) is 0 Å². The van der Waals surface area contributed by atoms with Crippen LogP contribution >= 0.6 is 22.9 Å². The zero-order chi connectivity index (χ0) is 19.5. The van der Waals surface area contributed by atoms with Crippen LogP contribution < -0.4 is 11.1 Å². The van der Waals surface area contributed by atoms with Crippen LogP contribution in [0.5, 0.6) is 0 Å². The van der Waals surface area contributed by atoms with E-state index < -0.39 is 0 Å². The summed E-state index contributed by atoms with van der Waals surface area (Å²) in [6, 6.07) is 15.6. The summed E-state index contributed by atoms with van der Waals surface area (Å²) in [5.41, 5.74) is 8.71. The van der Waals surface area contributed by atoms with Crippen molar-refractivity contribution in [3.05, 3.63) is 76.4 Å². The van der Waals surface area contributed by atoms with E-state index in [1.807, 2.05) is 48.5 Å². The number of halogens is 1. The van der Waals surface area contributed by atoms with Crippen molar-refractivity contribution < 1.29 is 4.79 Å². The smallest absolute Gasteiger partial charge is 0.261 e. The topological polar surface area (TPSA) is 83.8 Å². The quantitative estimate of drug-likeness (QED) is 0.444. The Labute approximate surface area is 171 Å². The van der Waals surface area contributed by atoms with E-state index in [4.69, 9.17) is 17.3 Å². The number of carbonyl (C=O) groups excluding carboxylic acids is 1. The lowest BCUT2D eigenvalue weighted by molar-refractivity contribution is 0.0942. The number of rotatable bonds is 6. The number of benzene rings is 1. The van der Waals surface area contributed by atoms with E-state index in [-0.39, 0.29) is 11.9 Å². The number of nitrogens with zero attached hydrogens (tertiary/aromatic N) is 1. The van der Waals surface area contributed by atoms with Gasteiger partial charge in [-0.3, -0.25) is 4.79 Å². The van der Waals surface area contributed by atoms with Gasteiger partial charge in [-0.25, -0.2) is 4.98 Å². The van der Waals surface area contributed by atoms with Crippen molar-refractivity contribution in [2.24, 2.45) is 5.73 Å². The summed E-state index contributed by atoms with van der Waals surface area (Å²) in [7, 11) is 0. The Morgan fingerprint density at radius 2 is 2.04 bits per heavy atom. The second kappa shape index (κ2) is 8.14. The van der Waals surface area contributed by atoms with Gasteiger partial charge in [0.1, 0.15) is 5.65 Å². The third kappa shape index (κ3) is 3.80. The largest absolute Gasteiger partial charge is 0.347 e. The number of aromatic nitrogens is 2. The fraction of sp³-hybridized carbons (Fsp3) is 0.143. The number of thiophene rings is 1. The molecule has 0 radical (unpaired) electrons. The van der Waals surface area contributed by atoms with Gasteiger partial charge in [-0.1, -0.05) is 41.9 Å². The molecule has 3 aromatic heterocycles. The number of pyridine rings is 1. The number of aromatic amines is 1. The van der Waals surface area contributed by atoms with Gasteiger partial charge in [0.25, 0.3) is 5.91 Å². The molecule has 3 heterocycles. The Balaban J connectivity index is 1.53. The van der Waals surface area contributed by atoms with Gasteiger partial charge in [0, 0.05) is 40.8 Å². The summed E-state index contributed by atoms with van der Waals surface area (Å²) in [6.45, 7) is 0.378. The summed E-state index contributed by atoms with van der Waals surface area (Å²) in [6.07, 6.45) is 4.15. The van der Waals surface area contributed by atoms with Crippen LogP contribution in [0.4, 0.5) is 0 Å². The van der Waals surface area contributed by atoms with Crippen LogP contribution in [0.1, 0.15) is 15.2 Å². The third-order valence-electron chi connectivity index (χ3n) is 4.57. The molecule has 0 bridgehead atoms. The summed E-state index contributed by atoms with van der Waals surface area (Å²) < 4.78 is 0. The summed E-state index contributed by atoms with van der Waals surface area (Å²) in [4.78, 5) is 21.7. The fourth-order valence-electron chi connectivity index (χ4n) is 3.18. The molecular formula is C21H19ClN4OS. The van der Waals surface area contributed by atoms with Crippen molar-refractivity contribution in [3.63, 3.8) is 0 Å². The summed E-state index contributed by atoms with van der Waals surface area (Å²) in [5.74, 6) is -0.118. The van der Waals surface area contributed by atoms with E-state index in [1.54, 1.807) is 12.4 Å². The molecule has 0 saturated heterocycles. The Bertz CT molecular complexity index is 1110. The standard InChI is InChI=1S/C21H19ClN4OS/c22-16-12-25-20-19(16)15(8-9-24-20)17-6-7-18(28-17)21(27)26-14(11-23)10-13-4-2-1-3-5-13/h1-9,12,14H,10-11,23H2,(H,24,25)(H,26,27). The van der Waals surface area contributed by atoms with Crippen LogP contribution in [-0.2, 0) is 6.42 Å². The minimum atomic E-state index is -0.118. The Morgan fingerprint density at radius 3 is 2.82 bits per heavy atom. The first-order valence-corrected chi connectivity index (χ1v) is 10.1. The zero-order valence-electron chi connectivity index (χ0n) is 15.0. The highest BCUT2D eigenvalue weighted by Crippen LogP contribution is 2.36. The molecule has 1 atom stereocenters. The molecule has 0 fully saturated rings. The van der Waals surface area contributed by atoms with Gasteiger partial charge in [-0.15, -0.1) is 11.3 Å². The van der Waals surface area contributed by atoms with E-state index in [9.17, 15) is 4.79 Å². The first kappa shape index (κ1) is 18.7. The van der Waals surface area contributed by atoms with E-state index in [1.165, 1.54) is 11.3 Å². The van der Waals surface area contributed by atoms with Crippen LogP contribution in [0.15, 0.2) is 60.9 Å². The van der Waals surface area contributed by atoms with E-state index in [2.05, 4.69) is 15.3 Å². The predicted molar refractivity (Wildman–Crippen MR) is 115 cm³/mol. The molecule has 28 heavy (non-hydrogen) atoms. The maximum atomic E-state index is 12.7. The zero-order valence-corrected chi connectivity index (χ0v) is 16.6. The van der Waals surface area contributed by atoms with Crippen LogP contribution in [0, 0.1) is 0 Å². The molecule has 1 amide bonds. The molecule has 5 nitrogen and oxygen atoms in total. The molecule has 142 valence electrons. The number of hydrogen-bond donors (Lipinski definition) is 3. The first-order valence-electron chi connectivity index (χ1n) is 8.92. The minimum absolute atomic E-state index is 0.118. The second-order valence-corrected chi connectivity index (χ2v) is 7.97. The highest BCUT2D eigenvalue weighted by Gasteiger charge is 2.17. The van der Waals surface area contributed by atoms with Gasteiger partial charge in [0.05, 0.1) is 9.90 Å². The minimum Gasteiger partial charge on any atom is -0.347 e. The van der Waals surface area contributed by atoms with Crippen molar-refractivity contribution in [2.45, 2.75) is 12.5 Å². The van der Waals surface area contributed by atoms with E-state index in [0.29, 0.717) is 22.9 Å². The van der Waals surface area contributed by atoms with E-state index >= 15 is 0 Å². The number of amides is 1. The molecule has 0 saturated carbocycles. The van der Waals surface area contributed by atoms with Gasteiger partial charge in [-0.05, 0) is 30.2 Å². The highest BCUT2D eigenvalue weighted by atomic mass is 35.5. The maximum absolute atomic E-state index is 12.7. The number of nitrogens with two attached hydrogens (primary N) is 1. The normalized spacial score (nSPS) is 12.2. The molecular weight excluding hydrogens is 392 g/mol. The molecule has 4 rings (SSSR count). The van der Waals surface area contributed by atoms with Crippen LogP contribution in [0.3, 0.4) is 0 Å². The average Bonchev–Trinajstić information content (AvgIpc) is 3.36. The van der Waals surface area contributed by atoms with Crippen molar-refractivity contribution in [1.29, 1.82) is 0 Å². The van der Waals surface area contributed by atoms with Gasteiger partial charge in [0.15, 0.2) is 0 Å². The summed E-state index contributed by atoms with van der Waals surface area (Å²) >= 11 is 7.73. The lowest BCUT2D eigenvalue weighted by Gasteiger charge is -2.16. The SMILES string of the molecule is NCC(Cc1ccccc1)NC(=O)c1ccc(-c2ccnc3[nH]cc(Cl)c23)s1. The first-order chi connectivity index (χ1) is 13.7. The lowest BCUT2D eigenvalue weighted by Crippen LogP contribution is -2.41.